The third kappa shape index (κ3) is 10.1. The van der Waals surface area contributed by atoms with Gasteiger partial charge in [-0.05, 0) is 0 Å². The Hall–Kier alpha value is -1.58. The maximum Gasteiger partial charge on any atom is -1.00 e. The molecule has 0 bridgehead atoms. The van der Waals surface area contributed by atoms with Crippen molar-refractivity contribution in [1.29, 1.82) is 0 Å². The smallest absolute Gasteiger partial charge is 1.00 e. The number of benzene rings is 4. The second-order valence-corrected chi connectivity index (χ2v) is 27.2. The zero-order valence-corrected chi connectivity index (χ0v) is 42.6. The molecule has 0 amide bonds. The minimum absolute atomic E-state index is 0. The molecule has 0 N–H and O–H groups in total. The van der Waals surface area contributed by atoms with Crippen LogP contribution < -0.4 is 52.8 Å². The van der Waals surface area contributed by atoms with E-state index in [1.165, 1.54) is 63.9 Å². The maximum absolute atomic E-state index is 3.03. The summed E-state index contributed by atoms with van der Waals surface area (Å²) in [5.41, 5.74) is 11.6. The van der Waals surface area contributed by atoms with Crippen LogP contribution in [0.2, 0.25) is 0 Å². The molecule has 0 saturated heterocycles. The number of rotatable bonds is 4. The van der Waals surface area contributed by atoms with Gasteiger partial charge in [0.05, 0.1) is 0 Å². The Balaban J connectivity index is 0.00000361. The van der Waals surface area contributed by atoms with Gasteiger partial charge in [-0.3, -0.25) is 0 Å². The van der Waals surface area contributed by atoms with Crippen molar-refractivity contribution in [3.8, 4) is 0 Å². The summed E-state index contributed by atoms with van der Waals surface area (Å²) in [4.78, 5) is 0. The molecule has 4 aromatic carbocycles. The molecule has 0 radical (unpaired) electrons. The summed E-state index contributed by atoms with van der Waals surface area (Å²) in [7, 11) is -3.03. The van der Waals surface area contributed by atoms with E-state index in [2.05, 4.69) is 230 Å². The summed E-state index contributed by atoms with van der Waals surface area (Å²) in [6.45, 7) is 43.1. The van der Waals surface area contributed by atoms with Crippen LogP contribution in [0.5, 0.6) is 0 Å². The zero-order chi connectivity index (χ0) is 39.9. The molecular formula is C51H69Cl3SiTi. The van der Waals surface area contributed by atoms with Crippen molar-refractivity contribution in [3.05, 3.63) is 127 Å². The van der Waals surface area contributed by atoms with Gasteiger partial charge >= 0.3 is 340 Å². The molecule has 0 saturated carbocycles. The molecule has 1 aliphatic rings. The quantitative estimate of drug-likeness (QED) is 0.219. The number of fused-ring (bicyclic) bond motifs is 1. The molecule has 5 rings (SSSR count). The molecule has 1 unspecified atom stereocenters. The molecule has 56 heavy (non-hydrogen) atoms. The van der Waals surface area contributed by atoms with Crippen LogP contribution in [0.1, 0.15) is 175 Å². The van der Waals surface area contributed by atoms with Crippen molar-refractivity contribution in [1.82, 2.24) is 0 Å². The predicted molar refractivity (Wildman–Crippen MR) is 233 cm³/mol. The average molecular weight is 864 g/mol. The molecule has 0 nitrogen and oxygen atoms in total. The summed E-state index contributed by atoms with van der Waals surface area (Å²) >= 11 is 2.43. The summed E-state index contributed by atoms with van der Waals surface area (Å²) in [5, 5.41) is 4.59. The Morgan fingerprint density at radius 2 is 0.643 bits per heavy atom. The molecule has 0 heterocycles. The molecule has 1 atom stereocenters. The van der Waals surface area contributed by atoms with Crippen LogP contribution in [-0.4, -0.2) is 8.07 Å². The van der Waals surface area contributed by atoms with Gasteiger partial charge in [-0.1, -0.05) is 0 Å². The minimum Gasteiger partial charge on any atom is -1.00 e. The summed E-state index contributed by atoms with van der Waals surface area (Å²) in [6, 6.07) is 32.8. The van der Waals surface area contributed by atoms with E-state index in [1.807, 2.05) is 0 Å². The van der Waals surface area contributed by atoms with Gasteiger partial charge in [-0.2, -0.15) is 0 Å². The zero-order valence-electron chi connectivity index (χ0n) is 37.8. The van der Waals surface area contributed by atoms with Crippen LogP contribution in [0, 0.1) is 0 Å². The Morgan fingerprint density at radius 1 is 0.393 bits per heavy atom. The number of halogens is 3. The van der Waals surface area contributed by atoms with E-state index in [4.69, 9.17) is 0 Å². The molecule has 0 aliphatic heterocycles. The second kappa shape index (κ2) is 16.8. The van der Waals surface area contributed by atoms with Crippen molar-refractivity contribution in [2.75, 3.05) is 0 Å². The van der Waals surface area contributed by atoms with E-state index in [0.29, 0.717) is 0 Å². The standard InChI is InChI=1S/C51H69Si.3ClH.Ti/c1-46(2,3)35-25-36(47(4,5)6)29-41(28-35)52(45-24-23-34-21-19-20-22-44(34)45,42-30-37(48(7,8)9)26-38(31-42)49(10,11)12)43-32-39(50(13,14)15)27-40(33-43)51(16,17)18;;;;/h19-23,25-33,45H,1-18H3;3*1H;/q;;;;+3/p-3. The van der Waals surface area contributed by atoms with Crippen LogP contribution >= 0.6 is 0 Å². The van der Waals surface area contributed by atoms with E-state index in [1.54, 1.807) is 0 Å². The maximum atomic E-state index is 2.66. The normalized spacial score (nSPS) is 15.3. The third-order valence-electron chi connectivity index (χ3n) is 11.7. The largest absolute Gasteiger partial charge is 1.00 e. The van der Waals surface area contributed by atoms with Crippen LogP contribution in [0.25, 0.3) is 6.08 Å². The third-order valence-corrected chi connectivity index (χ3v) is 17.9. The van der Waals surface area contributed by atoms with Gasteiger partial charge in [0, 0.05) is 0 Å². The molecule has 1 aliphatic carbocycles. The van der Waals surface area contributed by atoms with Crippen LogP contribution in [-0.2, 0) is 52.9 Å². The Morgan fingerprint density at radius 3 is 0.893 bits per heavy atom. The Labute approximate surface area is 374 Å². The summed E-state index contributed by atoms with van der Waals surface area (Å²) in [6.07, 6.45) is 2.51. The molecule has 0 fully saturated rings. The monoisotopic (exact) mass is 862 g/mol. The first-order chi connectivity index (χ1) is 23.9. The van der Waals surface area contributed by atoms with Gasteiger partial charge in [-0.15, -0.1) is 0 Å². The fourth-order valence-electron chi connectivity index (χ4n) is 7.95. The van der Waals surface area contributed by atoms with Crippen molar-refractivity contribution in [2.24, 2.45) is 0 Å². The average Bonchev–Trinajstić information content (AvgIpc) is 3.34. The fourth-order valence-corrected chi connectivity index (χ4v) is 15.0. The van der Waals surface area contributed by atoms with Gasteiger partial charge < -0.3 is 37.2 Å². The number of hydrogen-bond donors (Lipinski definition) is 0. The number of hydrogen-bond acceptors (Lipinski definition) is 0. The van der Waals surface area contributed by atoms with Gasteiger partial charge in [0.1, 0.15) is 0 Å². The van der Waals surface area contributed by atoms with Crippen molar-refractivity contribution in [3.63, 3.8) is 0 Å². The SMILES string of the molecule is CC(C)(C)c1cc(C(C)(C)C)cc([Si](c2cc(C(C)(C)C)cc(C(C)(C)C)c2)(c2cc(C(C)(C)C)cc(C(C)(C)C)c2)C2[C]([Ti+3])=Cc3ccccc32)c1.[Cl-].[Cl-].[Cl-]. The van der Waals surface area contributed by atoms with E-state index in [-0.39, 0.29) is 75.3 Å². The van der Waals surface area contributed by atoms with Crippen molar-refractivity contribution >= 4 is 29.7 Å². The number of allylic oxidation sites excluding steroid dienone is 1. The predicted octanol–water partition coefficient (Wildman–Crippen LogP) is 3.18. The first kappa shape index (κ1) is 50.6. The summed E-state index contributed by atoms with van der Waals surface area (Å²) in [5.74, 6) is 0. The first-order valence-electron chi connectivity index (χ1n) is 20.0. The van der Waals surface area contributed by atoms with Crippen LogP contribution in [0.15, 0.2) is 82.7 Å². The van der Waals surface area contributed by atoms with Gasteiger partial charge in [0.2, 0.25) is 0 Å². The molecular weight excluding hydrogens is 795 g/mol. The Bertz CT molecular complexity index is 1770. The van der Waals surface area contributed by atoms with Gasteiger partial charge in [-0.25, -0.2) is 0 Å². The van der Waals surface area contributed by atoms with Crippen molar-refractivity contribution < 1.29 is 57.7 Å². The minimum atomic E-state index is -3.03. The molecule has 4 aromatic rings. The fraction of sp³-hybridized carbons (Fsp3) is 0.490. The summed E-state index contributed by atoms with van der Waals surface area (Å²) < 4.78 is 1.48. The van der Waals surface area contributed by atoms with Crippen molar-refractivity contribution in [2.45, 2.75) is 163 Å². The van der Waals surface area contributed by atoms with Crippen LogP contribution in [0.4, 0.5) is 0 Å². The van der Waals surface area contributed by atoms with E-state index >= 15 is 0 Å². The van der Waals surface area contributed by atoms with E-state index < -0.39 is 8.07 Å². The molecule has 5 heteroatoms. The first-order valence-corrected chi connectivity index (χ1v) is 22.8. The molecule has 0 aromatic heterocycles. The van der Waals surface area contributed by atoms with E-state index in [0.717, 1.165) is 0 Å². The Kier molecular flexibility index (Phi) is 15.2. The molecule has 302 valence electrons. The molecule has 0 spiro atoms. The van der Waals surface area contributed by atoms with Gasteiger partial charge in [0.25, 0.3) is 0 Å². The second-order valence-electron chi connectivity index (χ2n) is 22.4. The van der Waals surface area contributed by atoms with Crippen LogP contribution in [0.3, 0.4) is 0 Å². The van der Waals surface area contributed by atoms with Gasteiger partial charge in [0.15, 0.2) is 0 Å². The van der Waals surface area contributed by atoms with E-state index in [9.17, 15) is 0 Å². The topological polar surface area (TPSA) is 0 Å².